The Morgan fingerprint density at radius 3 is 0.326 bits per heavy atom. The first-order chi connectivity index (χ1) is 19.4. The minimum absolute atomic E-state index is 1.60. The van der Waals surface area contributed by atoms with Crippen LogP contribution in [0.1, 0.15) is 0 Å². The highest BCUT2D eigenvalue weighted by Gasteiger charge is 2.47. The van der Waals surface area contributed by atoms with Crippen molar-refractivity contribution in [3.8, 4) is 0 Å². The normalized spacial score (nSPS) is 15.5. The van der Waals surface area contributed by atoms with Crippen LogP contribution in [0.15, 0.2) is 0 Å². The summed E-state index contributed by atoms with van der Waals surface area (Å²) in [6, 6.07) is 0. The molecule has 0 N–H and O–H groups in total. The van der Waals surface area contributed by atoms with E-state index in [9.17, 15) is 0 Å². The van der Waals surface area contributed by atoms with Crippen molar-refractivity contribution in [2.75, 3.05) is 0 Å². The number of rotatable bonds is 18. The van der Waals surface area contributed by atoms with Crippen LogP contribution in [0.3, 0.4) is 0 Å². The molecule has 0 aliphatic heterocycles. The zero-order chi connectivity index (χ0) is 37.9. The molecule has 0 saturated heterocycles. The quantitative estimate of drug-likeness (QED) is 0.125. The third-order valence-electron chi connectivity index (χ3n) is 4.67. The van der Waals surface area contributed by atoms with Crippen LogP contribution < -0.4 is 0 Å². The van der Waals surface area contributed by atoms with E-state index in [0.29, 0.717) is 0 Å². The molecule has 0 unspecified atom stereocenters. The molecule has 0 aromatic rings. The molecular formula is C26H78O9Si11. The lowest BCUT2D eigenvalue weighted by atomic mass is 11.8. The molecule has 46 heavy (non-hydrogen) atoms. The second-order valence-corrected chi connectivity index (χ2v) is 63.0. The van der Waals surface area contributed by atoms with Gasteiger partial charge in [-0.2, -0.15) is 0 Å². The molecule has 0 aliphatic carbocycles. The molecule has 0 heterocycles. The van der Waals surface area contributed by atoms with E-state index in [1.165, 1.54) is 0 Å². The first-order valence-electron chi connectivity index (χ1n) is 16.7. The summed E-state index contributed by atoms with van der Waals surface area (Å²) in [6.07, 6.45) is 0. The number of hydrogen-bond donors (Lipinski definition) is 0. The van der Waals surface area contributed by atoms with E-state index < -0.39 is 93.2 Å². The Balaban J connectivity index is 0. The Kier molecular flexibility index (Phi) is 18.3. The molecule has 0 atom stereocenters. The van der Waals surface area contributed by atoms with Crippen molar-refractivity contribution >= 4 is 93.2 Å². The monoisotopic (exact) mass is 842 g/mol. The summed E-state index contributed by atoms with van der Waals surface area (Å²) in [5.74, 6) is 0. The van der Waals surface area contributed by atoms with Crippen molar-refractivity contribution < 1.29 is 37.0 Å². The SMILES string of the molecule is C[Si](C)(C)O[Si](C)(C)O[Si](C)(C)O[Si](C)(C)O[Si](C)(C)C.C[Si](C)(C)O[Si](C)(C)O[Si](C)(C)O[Si](C)(C)O[Si](C)(C)O[Si](C)(C)C. The molecule has 0 aromatic carbocycles. The molecule has 0 fully saturated rings. The van der Waals surface area contributed by atoms with E-state index in [0.717, 1.165) is 0 Å². The average molecular weight is 844 g/mol. The summed E-state index contributed by atoms with van der Waals surface area (Å²) in [7, 11) is -22.2. The lowest BCUT2D eigenvalue weighted by Gasteiger charge is -2.42. The highest BCUT2D eigenvalue weighted by Crippen LogP contribution is 2.28. The van der Waals surface area contributed by atoms with Crippen molar-refractivity contribution in [3.05, 3.63) is 0 Å². The first-order valence-corrected chi connectivity index (χ1v) is 50.0. The van der Waals surface area contributed by atoms with Gasteiger partial charge in [0.25, 0.3) is 0 Å². The maximum absolute atomic E-state index is 6.50. The summed E-state index contributed by atoms with van der Waals surface area (Å²) < 4.78 is 57.4. The molecule has 0 radical (unpaired) electrons. The Morgan fingerprint density at radius 2 is 0.239 bits per heavy atom. The van der Waals surface area contributed by atoms with E-state index in [4.69, 9.17) is 37.0 Å². The fourth-order valence-corrected chi connectivity index (χ4v) is 57.1. The van der Waals surface area contributed by atoms with E-state index >= 15 is 0 Å². The van der Waals surface area contributed by atoms with E-state index in [1.807, 2.05) is 0 Å². The zero-order valence-electron chi connectivity index (χ0n) is 35.2. The van der Waals surface area contributed by atoms with Gasteiger partial charge in [0.15, 0.2) is 33.3 Å². The van der Waals surface area contributed by atoms with Crippen LogP contribution >= 0.6 is 0 Å². The van der Waals surface area contributed by atoms with Gasteiger partial charge in [0.1, 0.15) is 0 Å². The maximum Gasteiger partial charge on any atom is 0.314 e. The van der Waals surface area contributed by atoms with Gasteiger partial charge in [0.05, 0.1) is 0 Å². The third-order valence-corrected chi connectivity index (χ3v) is 42.0. The molecule has 9 nitrogen and oxygen atoms in total. The van der Waals surface area contributed by atoms with E-state index in [2.05, 4.69) is 170 Å². The fraction of sp³-hybridized carbons (Fsp3) is 1.00. The van der Waals surface area contributed by atoms with Gasteiger partial charge >= 0.3 is 59.9 Å². The molecule has 0 aromatic heterocycles. The van der Waals surface area contributed by atoms with Crippen molar-refractivity contribution in [3.63, 3.8) is 0 Å². The van der Waals surface area contributed by atoms with Gasteiger partial charge in [0.2, 0.25) is 0 Å². The van der Waals surface area contributed by atoms with E-state index in [-0.39, 0.29) is 0 Å². The Hall–Kier alpha value is 2.03. The lowest BCUT2D eigenvalue weighted by molar-refractivity contribution is 0.282. The highest BCUT2D eigenvalue weighted by atomic mass is 28.5. The Bertz CT molecular complexity index is 862. The average Bonchev–Trinajstić information content (AvgIpc) is 2.45. The summed E-state index contributed by atoms with van der Waals surface area (Å²) in [5.41, 5.74) is 0. The molecule has 20 heteroatoms. The van der Waals surface area contributed by atoms with Gasteiger partial charge in [-0.05, 0) is 170 Å². The molecule has 0 spiro atoms. The molecule has 280 valence electrons. The van der Waals surface area contributed by atoms with Crippen LogP contribution in [-0.4, -0.2) is 93.2 Å². The van der Waals surface area contributed by atoms with Crippen LogP contribution in [0.2, 0.25) is 170 Å². The van der Waals surface area contributed by atoms with Gasteiger partial charge in [-0.25, -0.2) is 0 Å². The molecule has 0 aliphatic rings. The summed E-state index contributed by atoms with van der Waals surface area (Å²) in [6.45, 7) is 56.0. The predicted octanol–water partition coefficient (Wildman–Crippen LogP) is 10.4. The van der Waals surface area contributed by atoms with Gasteiger partial charge in [-0.3, -0.25) is 0 Å². The second kappa shape index (κ2) is 16.8. The predicted molar refractivity (Wildman–Crippen MR) is 226 cm³/mol. The lowest BCUT2D eigenvalue weighted by Crippen LogP contribution is -2.59. The van der Waals surface area contributed by atoms with Crippen molar-refractivity contribution in [1.82, 2.24) is 0 Å². The Labute approximate surface area is 298 Å². The molecular weight excluding hydrogens is 765 g/mol. The van der Waals surface area contributed by atoms with Crippen LogP contribution in [0.25, 0.3) is 0 Å². The first kappa shape index (κ1) is 50.1. The number of hydrogen-bond acceptors (Lipinski definition) is 9. The van der Waals surface area contributed by atoms with Gasteiger partial charge in [0, 0.05) is 0 Å². The van der Waals surface area contributed by atoms with Gasteiger partial charge in [-0.1, -0.05) is 0 Å². The van der Waals surface area contributed by atoms with Crippen LogP contribution in [0.5, 0.6) is 0 Å². The van der Waals surface area contributed by atoms with Gasteiger partial charge < -0.3 is 37.0 Å². The van der Waals surface area contributed by atoms with Crippen LogP contribution in [0.4, 0.5) is 0 Å². The smallest absolute Gasteiger partial charge is 0.314 e. The van der Waals surface area contributed by atoms with E-state index in [1.54, 1.807) is 0 Å². The van der Waals surface area contributed by atoms with Crippen molar-refractivity contribution in [2.45, 2.75) is 170 Å². The zero-order valence-corrected chi connectivity index (χ0v) is 46.2. The second-order valence-electron chi connectivity index (χ2n) is 19.2. The minimum atomic E-state index is -2.36. The van der Waals surface area contributed by atoms with Crippen molar-refractivity contribution in [2.24, 2.45) is 0 Å². The maximum atomic E-state index is 6.50. The van der Waals surface area contributed by atoms with Crippen LogP contribution in [-0.2, 0) is 37.0 Å². The third kappa shape index (κ3) is 29.7. The summed E-state index contributed by atoms with van der Waals surface area (Å²) in [5, 5.41) is 0. The van der Waals surface area contributed by atoms with Crippen LogP contribution in [0, 0.1) is 0 Å². The fourth-order valence-electron chi connectivity index (χ4n) is 6.05. The Morgan fingerprint density at radius 1 is 0.152 bits per heavy atom. The van der Waals surface area contributed by atoms with Gasteiger partial charge in [-0.15, -0.1) is 0 Å². The molecule has 0 saturated carbocycles. The van der Waals surface area contributed by atoms with Crippen molar-refractivity contribution in [1.29, 1.82) is 0 Å². The molecule has 0 amide bonds. The standard InChI is InChI=1S/C14H42O5Si6.C12H36O4Si5/c1-20(2,3)15-22(7,8)17-24(11,12)19-25(13,14)18-23(9,10)16-21(4,5)6;1-17(2,3)13-19(7,8)15-21(11,12)16-20(9,10)14-18(4,5)6/h1-14H3;1-12H3. The molecule has 0 bridgehead atoms. The topological polar surface area (TPSA) is 83.1 Å². The summed E-state index contributed by atoms with van der Waals surface area (Å²) >= 11 is 0. The minimum Gasteiger partial charge on any atom is -0.437 e. The molecule has 0 rings (SSSR count). The largest absolute Gasteiger partial charge is 0.437 e. The highest BCUT2D eigenvalue weighted by molar-refractivity contribution is 6.92. The summed E-state index contributed by atoms with van der Waals surface area (Å²) in [4.78, 5) is 0.